The highest BCUT2D eigenvalue weighted by molar-refractivity contribution is 5.17. The average Bonchev–Trinajstić information content (AvgIpc) is 2.59. The van der Waals surface area contributed by atoms with Gasteiger partial charge in [0.05, 0.1) is 0 Å². The van der Waals surface area contributed by atoms with Gasteiger partial charge in [0.1, 0.15) is 0 Å². The van der Waals surface area contributed by atoms with Crippen LogP contribution in [0.25, 0.3) is 0 Å². The predicted octanol–water partition coefficient (Wildman–Crippen LogP) is 6.18. The van der Waals surface area contributed by atoms with Crippen LogP contribution in [-0.2, 0) is 0 Å². The summed E-state index contributed by atoms with van der Waals surface area (Å²) in [7, 11) is 0. The molecular formula is C12H8F21NO. The molecule has 214 valence electrons. The van der Waals surface area contributed by atoms with Crippen molar-refractivity contribution >= 4 is 0 Å². The number of hydrogen-bond donors (Lipinski definition) is 2. The van der Waals surface area contributed by atoms with E-state index in [0.717, 1.165) is 0 Å². The molecular weight excluding hydrogens is 573 g/mol. The second-order valence-electron chi connectivity index (χ2n) is 6.03. The van der Waals surface area contributed by atoms with E-state index in [2.05, 4.69) is 5.73 Å². The molecule has 0 bridgehead atoms. The molecule has 3 N–H and O–H groups in total. The quantitative estimate of drug-likeness (QED) is 0.266. The summed E-state index contributed by atoms with van der Waals surface area (Å²) in [5.41, 5.74) is 2.99. The summed E-state index contributed by atoms with van der Waals surface area (Å²) in [4.78, 5) is 0. The predicted molar refractivity (Wildman–Crippen MR) is 67.5 cm³/mol. The fourth-order valence-corrected chi connectivity index (χ4v) is 1.57. The number of halogens is 21. The Kier molecular flexibility index (Phi) is 9.24. The zero-order valence-corrected chi connectivity index (χ0v) is 15.7. The highest BCUT2D eigenvalue weighted by atomic mass is 19.4. The number of hydrogen-bond acceptors (Lipinski definition) is 2. The minimum absolute atomic E-state index is 0.250. The van der Waals surface area contributed by atoms with Crippen molar-refractivity contribution in [3.63, 3.8) is 0 Å². The van der Waals surface area contributed by atoms with Crippen LogP contribution in [0.15, 0.2) is 0 Å². The van der Waals surface area contributed by atoms with E-state index in [1.165, 1.54) is 0 Å². The highest BCUT2D eigenvalue weighted by Gasteiger charge is 2.97. The zero-order valence-electron chi connectivity index (χ0n) is 15.7. The van der Waals surface area contributed by atoms with Crippen LogP contribution in [0.3, 0.4) is 0 Å². The first-order valence-electron chi connectivity index (χ1n) is 7.53. The molecule has 0 rings (SSSR count). The molecule has 0 aromatic heterocycles. The van der Waals surface area contributed by atoms with Gasteiger partial charge in [-0.15, -0.1) is 0 Å². The van der Waals surface area contributed by atoms with E-state index < -0.39 is 59.6 Å². The molecule has 2 nitrogen and oxygen atoms in total. The zero-order chi connectivity index (χ0) is 29.7. The van der Waals surface area contributed by atoms with Gasteiger partial charge in [-0.2, -0.15) is 92.2 Å². The molecule has 0 unspecified atom stereocenters. The molecule has 0 radical (unpaired) electrons. The monoisotopic (exact) mass is 581 g/mol. The number of nitrogens with two attached hydrogens (primary N) is 1. The van der Waals surface area contributed by atoms with E-state index >= 15 is 0 Å². The number of aliphatic hydroxyl groups excluding tert-OH is 1. The van der Waals surface area contributed by atoms with E-state index in [1.54, 1.807) is 6.92 Å². The molecule has 35 heavy (non-hydrogen) atoms. The maximum atomic E-state index is 13.2. The summed E-state index contributed by atoms with van der Waals surface area (Å²) in [5, 5.41) is 7.57. The highest BCUT2D eigenvalue weighted by Crippen LogP contribution is 2.65. The van der Waals surface area contributed by atoms with Crippen molar-refractivity contribution in [2.45, 2.75) is 66.5 Å². The molecule has 0 fully saturated rings. The molecule has 0 spiro atoms. The van der Waals surface area contributed by atoms with Crippen LogP contribution < -0.4 is 5.73 Å². The summed E-state index contributed by atoms with van der Waals surface area (Å²) in [6, 6.07) is -7.03. The van der Waals surface area contributed by atoms with Crippen molar-refractivity contribution in [1.29, 1.82) is 0 Å². The molecule has 0 heterocycles. The third-order valence-electron chi connectivity index (χ3n) is 3.54. The van der Waals surface area contributed by atoms with Crippen molar-refractivity contribution in [1.82, 2.24) is 0 Å². The van der Waals surface area contributed by atoms with Crippen LogP contribution in [0.2, 0.25) is 0 Å². The first kappa shape index (κ1) is 35.6. The summed E-state index contributed by atoms with van der Waals surface area (Å²) in [5.74, 6) is -70.3. The average molecular weight is 581 g/mol. The maximum absolute atomic E-state index is 13.2. The van der Waals surface area contributed by atoms with Gasteiger partial charge in [0.2, 0.25) is 0 Å². The smallest absolute Gasteiger partial charge is 0.397 e. The Hall–Kier alpha value is -1.55. The first-order valence-corrected chi connectivity index (χ1v) is 7.53. The van der Waals surface area contributed by atoms with Gasteiger partial charge in [-0.3, -0.25) is 5.73 Å². The van der Waals surface area contributed by atoms with Crippen LogP contribution in [0.4, 0.5) is 92.2 Å². The Bertz CT molecular complexity index is 657. The van der Waals surface area contributed by atoms with Crippen molar-refractivity contribution in [3.8, 4) is 0 Å². The molecule has 0 saturated heterocycles. The lowest BCUT2D eigenvalue weighted by atomic mass is 9.87. The Labute approximate surface area is 177 Å². The van der Waals surface area contributed by atoms with E-state index in [-0.39, 0.29) is 6.61 Å². The summed E-state index contributed by atoms with van der Waals surface area (Å²) in [6.45, 7) is 1.93. The van der Waals surface area contributed by atoms with E-state index in [1.807, 2.05) is 0 Å². The number of aliphatic hydroxyl groups is 1. The first-order chi connectivity index (χ1) is 14.7. The second kappa shape index (κ2) is 9.08. The van der Waals surface area contributed by atoms with Crippen LogP contribution >= 0.6 is 0 Å². The lowest BCUT2D eigenvalue weighted by molar-refractivity contribution is -0.474. The van der Waals surface area contributed by atoms with Gasteiger partial charge in [0, 0.05) is 6.61 Å². The van der Waals surface area contributed by atoms with Gasteiger partial charge in [-0.05, 0) is 6.92 Å². The van der Waals surface area contributed by atoms with Gasteiger partial charge in [-0.25, -0.2) is 0 Å². The van der Waals surface area contributed by atoms with E-state index in [9.17, 15) is 92.2 Å². The molecule has 0 aliphatic rings. The van der Waals surface area contributed by atoms with Crippen LogP contribution in [0.5, 0.6) is 0 Å². The SMILES string of the molecule is CCO.NC(F)(F)C(F)(F)C(F)(F)C(F)(F)C(F)(F)C(F)(F)C(F)(F)C(F)(F)C(F)(F)C(F)(F)F. The van der Waals surface area contributed by atoms with Crippen molar-refractivity contribution in [2.24, 2.45) is 5.73 Å². The van der Waals surface area contributed by atoms with Crippen molar-refractivity contribution < 1.29 is 97.3 Å². The van der Waals surface area contributed by atoms with Crippen molar-refractivity contribution in [2.75, 3.05) is 6.61 Å². The second-order valence-corrected chi connectivity index (χ2v) is 6.03. The molecule has 0 aliphatic carbocycles. The molecule has 0 aromatic rings. The third kappa shape index (κ3) is 4.77. The lowest BCUT2D eigenvalue weighted by Gasteiger charge is -2.44. The minimum atomic E-state index is -9.16. The van der Waals surface area contributed by atoms with Gasteiger partial charge in [-0.1, -0.05) is 0 Å². The maximum Gasteiger partial charge on any atom is 0.460 e. The van der Waals surface area contributed by atoms with Crippen molar-refractivity contribution in [3.05, 3.63) is 0 Å². The number of rotatable bonds is 8. The minimum Gasteiger partial charge on any atom is -0.397 e. The molecule has 0 atom stereocenters. The summed E-state index contributed by atoms with van der Waals surface area (Å²) < 4.78 is 267. The molecule has 0 saturated carbocycles. The topological polar surface area (TPSA) is 46.2 Å². The third-order valence-corrected chi connectivity index (χ3v) is 3.54. The fourth-order valence-electron chi connectivity index (χ4n) is 1.57. The van der Waals surface area contributed by atoms with Crippen LogP contribution in [0, 0.1) is 0 Å². The van der Waals surface area contributed by atoms with E-state index in [4.69, 9.17) is 5.11 Å². The standard InChI is InChI=1S/C10H2F21N.C2H6O/c11-1(12,3(15,16)5(19,20)7(23,24)9(27,28)29)2(13,14)4(17,18)6(21,22)8(25,26)10(30,31)32;1-2-3/h32H2;3H,2H2,1H3. The van der Waals surface area contributed by atoms with Gasteiger partial charge in [0.25, 0.3) is 0 Å². The summed E-state index contributed by atoms with van der Waals surface area (Å²) in [6.07, 6.45) is -7.99. The number of alkyl halides is 21. The molecule has 0 aliphatic heterocycles. The van der Waals surface area contributed by atoms with Gasteiger partial charge < -0.3 is 5.11 Å². The largest absolute Gasteiger partial charge is 0.460 e. The summed E-state index contributed by atoms with van der Waals surface area (Å²) >= 11 is 0. The van der Waals surface area contributed by atoms with Gasteiger partial charge >= 0.3 is 59.6 Å². The van der Waals surface area contributed by atoms with Crippen LogP contribution in [0.1, 0.15) is 6.92 Å². The van der Waals surface area contributed by atoms with Gasteiger partial charge in [0.15, 0.2) is 0 Å². The Morgan fingerprint density at radius 2 is 0.543 bits per heavy atom. The fraction of sp³-hybridized carbons (Fsp3) is 1.00. The Morgan fingerprint density at radius 3 is 0.686 bits per heavy atom. The molecule has 23 heteroatoms. The normalized spacial score (nSPS) is 16.1. The van der Waals surface area contributed by atoms with Crippen LogP contribution in [-0.4, -0.2) is 71.3 Å². The Morgan fingerprint density at radius 1 is 0.400 bits per heavy atom. The molecule has 0 amide bonds. The lowest BCUT2D eigenvalue weighted by Crippen LogP contribution is -2.77. The van der Waals surface area contributed by atoms with E-state index in [0.29, 0.717) is 0 Å². The molecule has 0 aromatic carbocycles. The Balaban J connectivity index is 0.